The molecule has 0 radical (unpaired) electrons. The third kappa shape index (κ3) is 5.85. The van der Waals surface area contributed by atoms with E-state index in [2.05, 4.69) is 10.1 Å². The molecule has 0 fully saturated rings. The van der Waals surface area contributed by atoms with E-state index < -0.39 is 21.7 Å². The average Bonchev–Trinajstić information content (AvgIpc) is 3.38. The van der Waals surface area contributed by atoms with E-state index in [0.717, 1.165) is 27.6 Å². The Hall–Kier alpha value is -2.86. The first-order chi connectivity index (χ1) is 14.6. The summed E-state index contributed by atoms with van der Waals surface area (Å²) in [7, 11) is -2.18. The molecule has 0 saturated carbocycles. The summed E-state index contributed by atoms with van der Waals surface area (Å²) >= 11 is 1.47. The lowest BCUT2D eigenvalue weighted by atomic mass is 10.2. The maximum absolute atomic E-state index is 13.5. The molecule has 1 amide bonds. The van der Waals surface area contributed by atoms with E-state index in [1.54, 1.807) is 7.05 Å². The minimum atomic E-state index is -3.75. The quantitative estimate of drug-likeness (QED) is 0.476. The van der Waals surface area contributed by atoms with Crippen LogP contribution in [0.3, 0.4) is 0 Å². The zero-order valence-electron chi connectivity index (χ0n) is 16.8. The molecule has 0 aliphatic heterocycles. The van der Waals surface area contributed by atoms with Gasteiger partial charge in [0.15, 0.2) is 11.6 Å². The van der Waals surface area contributed by atoms with Gasteiger partial charge in [-0.25, -0.2) is 17.2 Å². The van der Waals surface area contributed by atoms with Gasteiger partial charge in [0.25, 0.3) is 0 Å². The molecule has 0 bridgehead atoms. The highest BCUT2D eigenvalue weighted by molar-refractivity contribution is 7.92. The second kappa shape index (κ2) is 9.52. The monoisotopic (exact) mass is 470 g/mol. The SMILES string of the molecule is CN(Cc1nc(-c2cccs2)no1)C(=O)CCCN(c1ccc(F)c(F)c1)S(C)(=O)=O. The number of benzene rings is 1. The molecule has 0 unspecified atom stereocenters. The van der Waals surface area contributed by atoms with Crippen molar-refractivity contribution in [1.82, 2.24) is 15.0 Å². The first-order valence-corrected chi connectivity index (χ1v) is 11.9. The highest BCUT2D eigenvalue weighted by Gasteiger charge is 2.20. The van der Waals surface area contributed by atoms with E-state index in [4.69, 9.17) is 4.52 Å². The van der Waals surface area contributed by atoms with E-state index >= 15 is 0 Å². The highest BCUT2D eigenvalue weighted by Crippen LogP contribution is 2.22. The number of nitrogens with zero attached hydrogens (tertiary/aromatic N) is 4. The van der Waals surface area contributed by atoms with Gasteiger partial charge in [-0.2, -0.15) is 4.98 Å². The lowest BCUT2D eigenvalue weighted by Crippen LogP contribution is -2.32. The molecule has 0 atom stereocenters. The zero-order chi connectivity index (χ0) is 22.6. The Morgan fingerprint density at radius 2 is 2.00 bits per heavy atom. The molecule has 0 N–H and O–H groups in total. The van der Waals surface area contributed by atoms with Crippen LogP contribution in [0.2, 0.25) is 0 Å². The van der Waals surface area contributed by atoms with Crippen molar-refractivity contribution in [3.8, 4) is 10.7 Å². The summed E-state index contributed by atoms with van der Waals surface area (Å²) in [4.78, 5) is 18.9. The number of thiophene rings is 1. The number of amides is 1. The predicted octanol–water partition coefficient (Wildman–Crippen LogP) is 3.28. The Morgan fingerprint density at radius 1 is 1.23 bits per heavy atom. The van der Waals surface area contributed by atoms with Crippen molar-refractivity contribution in [2.45, 2.75) is 19.4 Å². The average molecular weight is 471 g/mol. The van der Waals surface area contributed by atoms with Gasteiger partial charge in [-0.15, -0.1) is 11.3 Å². The van der Waals surface area contributed by atoms with Gasteiger partial charge in [0.05, 0.1) is 23.4 Å². The summed E-state index contributed by atoms with van der Waals surface area (Å²) in [5, 5.41) is 5.78. The van der Waals surface area contributed by atoms with Gasteiger partial charge in [-0.1, -0.05) is 11.2 Å². The van der Waals surface area contributed by atoms with Crippen molar-refractivity contribution in [2.75, 3.05) is 24.2 Å². The molecule has 2 aromatic heterocycles. The Bertz CT molecular complexity index is 1150. The number of anilines is 1. The first-order valence-electron chi connectivity index (χ1n) is 9.18. The van der Waals surface area contributed by atoms with E-state index in [0.29, 0.717) is 5.82 Å². The van der Waals surface area contributed by atoms with Crippen molar-refractivity contribution >= 4 is 33.0 Å². The number of halogens is 2. The van der Waals surface area contributed by atoms with Crippen LogP contribution in [0.1, 0.15) is 18.7 Å². The predicted molar refractivity (Wildman–Crippen MR) is 112 cm³/mol. The van der Waals surface area contributed by atoms with Crippen molar-refractivity contribution in [1.29, 1.82) is 0 Å². The van der Waals surface area contributed by atoms with E-state index in [-0.39, 0.29) is 43.4 Å². The standard InChI is InChI=1S/C19H20F2N4O4S2/c1-24(12-17-22-19(23-29-17)16-5-4-10-30-16)18(26)6-3-9-25(31(2,27)28)13-7-8-14(20)15(21)11-13/h4-5,7-8,10-11H,3,6,9,12H2,1-2H3. The number of hydrogen-bond acceptors (Lipinski definition) is 7. The summed E-state index contributed by atoms with van der Waals surface area (Å²) in [5.41, 5.74) is -0.00540. The Balaban J connectivity index is 1.56. The van der Waals surface area contributed by atoms with Crippen molar-refractivity contribution < 1.29 is 26.5 Å². The Morgan fingerprint density at radius 3 is 2.65 bits per heavy atom. The minimum absolute atomic E-state index is 0.00540. The number of carbonyl (C=O) groups excluding carboxylic acids is 1. The molecule has 3 aromatic rings. The van der Waals surface area contributed by atoms with Crippen molar-refractivity contribution in [3.05, 3.63) is 53.2 Å². The molecule has 2 heterocycles. The smallest absolute Gasteiger partial charge is 0.246 e. The number of sulfonamides is 1. The lowest BCUT2D eigenvalue weighted by Gasteiger charge is -2.23. The van der Waals surface area contributed by atoms with Crippen LogP contribution in [-0.4, -0.2) is 49.2 Å². The number of aromatic nitrogens is 2. The van der Waals surface area contributed by atoms with E-state index in [9.17, 15) is 22.0 Å². The van der Waals surface area contributed by atoms with Crippen molar-refractivity contribution in [3.63, 3.8) is 0 Å². The van der Waals surface area contributed by atoms with Gasteiger partial charge < -0.3 is 9.42 Å². The van der Waals surface area contributed by atoms with Crippen LogP contribution in [0, 0.1) is 11.6 Å². The molecular weight excluding hydrogens is 450 g/mol. The molecular formula is C19H20F2N4O4S2. The normalized spacial score (nSPS) is 11.5. The second-order valence-corrected chi connectivity index (χ2v) is 9.63. The first kappa shape index (κ1) is 22.8. The van der Waals surface area contributed by atoms with Crippen LogP contribution in [0.5, 0.6) is 0 Å². The van der Waals surface area contributed by atoms with Crippen LogP contribution in [-0.2, 0) is 21.4 Å². The Labute approximate surface area is 182 Å². The molecule has 12 heteroatoms. The fraction of sp³-hybridized carbons (Fsp3) is 0.316. The molecule has 31 heavy (non-hydrogen) atoms. The van der Waals surface area contributed by atoms with Crippen molar-refractivity contribution in [2.24, 2.45) is 0 Å². The molecule has 8 nitrogen and oxygen atoms in total. The summed E-state index contributed by atoms with van der Waals surface area (Å²) in [6, 6.07) is 6.57. The molecule has 1 aromatic carbocycles. The fourth-order valence-corrected chi connectivity index (χ4v) is 4.41. The van der Waals surface area contributed by atoms with Gasteiger partial charge in [0, 0.05) is 26.1 Å². The molecule has 0 aliphatic rings. The third-order valence-electron chi connectivity index (χ3n) is 4.35. The molecule has 0 saturated heterocycles. The molecule has 166 valence electrons. The maximum Gasteiger partial charge on any atom is 0.246 e. The second-order valence-electron chi connectivity index (χ2n) is 6.78. The number of hydrogen-bond donors (Lipinski definition) is 0. The van der Waals surface area contributed by atoms with Crippen LogP contribution in [0.25, 0.3) is 10.7 Å². The summed E-state index contributed by atoms with van der Waals surface area (Å²) in [6.45, 7) is 0.0444. The fourth-order valence-electron chi connectivity index (χ4n) is 2.81. The van der Waals surface area contributed by atoms with E-state index in [1.165, 1.54) is 22.3 Å². The minimum Gasteiger partial charge on any atom is -0.337 e. The van der Waals surface area contributed by atoms with Gasteiger partial charge in [-0.3, -0.25) is 9.10 Å². The van der Waals surface area contributed by atoms with Gasteiger partial charge in [-0.05, 0) is 30.0 Å². The lowest BCUT2D eigenvalue weighted by molar-refractivity contribution is -0.130. The van der Waals surface area contributed by atoms with Gasteiger partial charge in [0.1, 0.15) is 0 Å². The van der Waals surface area contributed by atoms with Crippen LogP contribution < -0.4 is 4.31 Å². The number of carbonyl (C=O) groups is 1. The Kier molecular flexibility index (Phi) is 7.01. The highest BCUT2D eigenvalue weighted by atomic mass is 32.2. The van der Waals surface area contributed by atoms with E-state index in [1.807, 2.05) is 17.5 Å². The topological polar surface area (TPSA) is 96.6 Å². The molecule has 3 rings (SSSR count). The summed E-state index contributed by atoms with van der Waals surface area (Å²) in [6.07, 6.45) is 1.18. The summed E-state index contributed by atoms with van der Waals surface area (Å²) in [5.74, 6) is -1.75. The molecule has 0 aliphatic carbocycles. The molecule has 0 spiro atoms. The zero-order valence-corrected chi connectivity index (χ0v) is 18.4. The van der Waals surface area contributed by atoms with Crippen LogP contribution in [0.15, 0.2) is 40.2 Å². The van der Waals surface area contributed by atoms with Crippen LogP contribution >= 0.6 is 11.3 Å². The number of rotatable bonds is 9. The van der Waals surface area contributed by atoms with Gasteiger partial charge >= 0.3 is 0 Å². The third-order valence-corrected chi connectivity index (χ3v) is 6.41. The van der Waals surface area contributed by atoms with Gasteiger partial charge in [0.2, 0.25) is 27.6 Å². The summed E-state index contributed by atoms with van der Waals surface area (Å²) < 4.78 is 56.9. The van der Waals surface area contributed by atoms with Crippen LogP contribution in [0.4, 0.5) is 14.5 Å². The largest absolute Gasteiger partial charge is 0.337 e. The maximum atomic E-state index is 13.5.